The van der Waals surface area contributed by atoms with Gasteiger partial charge in [0.05, 0.1) is 10.9 Å². The molecule has 0 saturated carbocycles. The molecule has 0 spiro atoms. The van der Waals surface area contributed by atoms with Crippen LogP contribution in [0.5, 0.6) is 0 Å². The Morgan fingerprint density at radius 1 is 0.969 bits per heavy atom. The second kappa shape index (κ2) is 8.14. The summed E-state index contributed by atoms with van der Waals surface area (Å²) in [6, 6.07) is 10.6. The third kappa shape index (κ3) is 4.29. The molecule has 2 amide bonds. The van der Waals surface area contributed by atoms with E-state index in [1.807, 2.05) is 0 Å². The van der Waals surface area contributed by atoms with Crippen molar-refractivity contribution in [3.63, 3.8) is 0 Å². The zero-order chi connectivity index (χ0) is 22.9. The number of carbonyl (C=O) groups is 2. The number of alkyl halides is 3. The van der Waals surface area contributed by atoms with Gasteiger partial charge in [-0.1, -0.05) is 12.1 Å². The van der Waals surface area contributed by atoms with Gasteiger partial charge in [-0.2, -0.15) is 13.2 Å². The highest BCUT2D eigenvalue weighted by molar-refractivity contribution is 6.11. The van der Waals surface area contributed by atoms with Gasteiger partial charge in [0.25, 0.3) is 11.8 Å². The topological polar surface area (TPSA) is 99.8 Å². The SMILES string of the molecule is Cc1ccc(NC(=O)c2cccc(C(F)(F)F)c2)cc1NC(=O)c1ncnc2[nH]ccc12. The first-order chi connectivity index (χ1) is 15.2. The van der Waals surface area contributed by atoms with Gasteiger partial charge in [-0.15, -0.1) is 0 Å². The Labute approximate surface area is 179 Å². The Bertz CT molecular complexity index is 1330. The minimum Gasteiger partial charge on any atom is -0.346 e. The number of nitrogens with zero attached hydrogens (tertiary/aromatic N) is 2. The number of halogens is 3. The van der Waals surface area contributed by atoms with E-state index < -0.39 is 23.6 Å². The quantitative estimate of drug-likeness (QED) is 0.426. The summed E-state index contributed by atoms with van der Waals surface area (Å²) in [5.41, 5.74) is 1.08. The number of anilines is 2. The highest BCUT2D eigenvalue weighted by Crippen LogP contribution is 2.30. The minimum absolute atomic E-state index is 0.137. The van der Waals surface area contributed by atoms with Crippen LogP contribution in [0, 0.1) is 6.92 Å². The Balaban J connectivity index is 1.55. The molecule has 162 valence electrons. The molecule has 0 fully saturated rings. The fourth-order valence-electron chi connectivity index (χ4n) is 3.11. The lowest BCUT2D eigenvalue weighted by atomic mass is 10.1. The van der Waals surface area contributed by atoms with Gasteiger partial charge in [0.15, 0.2) is 0 Å². The number of rotatable bonds is 4. The van der Waals surface area contributed by atoms with Crippen molar-refractivity contribution in [2.75, 3.05) is 10.6 Å². The molecule has 7 nitrogen and oxygen atoms in total. The number of nitrogens with one attached hydrogen (secondary N) is 3. The summed E-state index contributed by atoms with van der Waals surface area (Å²) in [5.74, 6) is -1.18. The summed E-state index contributed by atoms with van der Waals surface area (Å²) in [4.78, 5) is 36.2. The second-order valence-electron chi connectivity index (χ2n) is 6.98. The number of hydrogen-bond acceptors (Lipinski definition) is 4. The molecule has 2 aromatic carbocycles. The zero-order valence-corrected chi connectivity index (χ0v) is 16.6. The number of amides is 2. The minimum atomic E-state index is -4.55. The van der Waals surface area contributed by atoms with Crippen LogP contribution >= 0.6 is 0 Å². The zero-order valence-electron chi connectivity index (χ0n) is 16.6. The van der Waals surface area contributed by atoms with Crippen molar-refractivity contribution in [3.05, 3.63) is 83.4 Å². The molecule has 0 aliphatic carbocycles. The van der Waals surface area contributed by atoms with E-state index in [1.165, 1.54) is 24.5 Å². The summed E-state index contributed by atoms with van der Waals surface area (Å²) < 4.78 is 38.7. The molecule has 2 heterocycles. The van der Waals surface area contributed by atoms with E-state index in [9.17, 15) is 22.8 Å². The van der Waals surface area contributed by atoms with Crippen LogP contribution in [0.3, 0.4) is 0 Å². The van der Waals surface area contributed by atoms with E-state index in [-0.39, 0.29) is 11.3 Å². The fourth-order valence-corrected chi connectivity index (χ4v) is 3.11. The monoisotopic (exact) mass is 439 g/mol. The molecule has 0 atom stereocenters. The van der Waals surface area contributed by atoms with E-state index in [0.717, 1.165) is 17.7 Å². The third-order valence-electron chi connectivity index (χ3n) is 4.76. The van der Waals surface area contributed by atoms with Crippen LogP contribution in [0.2, 0.25) is 0 Å². The van der Waals surface area contributed by atoms with Gasteiger partial charge in [0.2, 0.25) is 0 Å². The van der Waals surface area contributed by atoms with Crippen molar-refractivity contribution < 1.29 is 22.8 Å². The highest BCUT2D eigenvalue weighted by atomic mass is 19.4. The number of carbonyl (C=O) groups excluding carboxylic acids is 2. The second-order valence-corrected chi connectivity index (χ2v) is 6.98. The van der Waals surface area contributed by atoms with Crippen LogP contribution in [0.15, 0.2) is 61.1 Å². The Hall–Kier alpha value is -4.21. The third-order valence-corrected chi connectivity index (χ3v) is 4.76. The van der Waals surface area contributed by atoms with Crippen LogP contribution in [0.25, 0.3) is 11.0 Å². The number of hydrogen-bond donors (Lipinski definition) is 3. The molecule has 10 heteroatoms. The van der Waals surface area contributed by atoms with Gasteiger partial charge < -0.3 is 15.6 Å². The van der Waals surface area contributed by atoms with E-state index in [4.69, 9.17) is 0 Å². The predicted octanol–water partition coefficient (Wildman–Crippen LogP) is 4.79. The molecule has 0 aliphatic rings. The molecule has 4 rings (SSSR count). The Morgan fingerprint density at radius 3 is 2.56 bits per heavy atom. The molecular formula is C22H16F3N5O2. The first kappa shape index (κ1) is 21.0. The maximum atomic E-state index is 12.9. The summed E-state index contributed by atoms with van der Waals surface area (Å²) in [5, 5.41) is 5.85. The fraction of sp³-hybridized carbons (Fsp3) is 0.0909. The Kier molecular flexibility index (Phi) is 5.35. The lowest BCUT2D eigenvalue weighted by Crippen LogP contribution is -2.16. The van der Waals surface area contributed by atoms with E-state index in [0.29, 0.717) is 22.4 Å². The summed E-state index contributed by atoms with van der Waals surface area (Å²) in [6.45, 7) is 1.76. The molecule has 3 N–H and O–H groups in total. The smallest absolute Gasteiger partial charge is 0.346 e. The first-order valence-electron chi connectivity index (χ1n) is 9.41. The average Bonchev–Trinajstić information content (AvgIpc) is 3.24. The number of aromatic nitrogens is 3. The molecule has 0 aliphatic heterocycles. The van der Waals surface area contributed by atoms with Crippen molar-refractivity contribution in [3.8, 4) is 0 Å². The molecule has 0 unspecified atom stereocenters. The maximum absolute atomic E-state index is 12.9. The largest absolute Gasteiger partial charge is 0.416 e. The molecule has 2 aromatic heterocycles. The molecule has 0 saturated heterocycles. The van der Waals surface area contributed by atoms with Gasteiger partial charge in [0.1, 0.15) is 17.7 Å². The molecule has 0 radical (unpaired) electrons. The van der Waals surface area contributed by atoms with Gasteiger partial charge in [0, 0.05) is 23.1 Å². The standard InChI is InChI=1S/C22H16F3N5O2/c1-12-5-6-15(29-20(31)13-3-2-4-14(9-13)22(23,24)25)10-17(12)30-21(32)18-16-7-8-26-19(16)28-11-27-18/h2-11H,1H3,(H,29,31)(H,30,32)(H,26,27,28). The molecule has 4 aromatic rings. The number of aromatic amines is 1. The molecular weight excluding hydrogens is 423 g/mol. The van der Waals surface area contributed by atoms with Gasteiger partial charge >= 0.3 is 6.18 Å². The van der Waals surface area contributed by atoms with Gasteiger partial charge in [-0.25, -0.2) is 9.97 Å². The van der Waals surface area contributed by atoms with Crippen LogP contribution in [-0.4, -0.2) is 26.8 Å². The van der Waals surface area contributed by atoms with Crippen molar-refractivity contribution in [1.82, 2.24) is 15.0 Å². The van der Waals surface area contributed by atoms with Gasteiger partial charge in [-0.3, -0.25) is 9.59 Å². The van der Waals surface area contributed by atoms with Crippen molar-refractivity contribution in [2.24, 2.45) is 0 Å². The summed E-state index contributed by atoms with van der Waals surface area (Å²) in [7, 11) is 0. The van der Waals surface area contributed by atoms with Crippen molar-refractivity contribution in [1.29, 1.82) is 0 Å². The molecule has 32 heavy (non-hydrogen) atoms. The van der Waals surface area contributed by atoms with Gasteiger partial charge in [-0.05, 0) is 48.9 Å². The van der Waals surface area contributed by atoms with E-state index in [2.05, 4.69) is 25.6 Å². The normalized spacial score (nSPS) is 11.4. The van der Waals surface area contributed by atoms with Crippen LogP contribution in [0.4, 0.5) is 24.5 Å². The first-order valence-corrected chi connectivity index (χ1v) is 9.41. The van der Waals surface area contributed by atoms with Crippen LogP contribution in [-0.2, 0) is 6.18 Å². The van der Waals surface area contributed by atoms with Crippen molar-refractivity contribution >= 4 is 34.2 Å². The van der Waals surface area contributed by atoms with Crippen molar-refractivity contribution in [2.45, 2.75) is 13.1 Å². The van der Waals surface area contributed by atoms with E-state index in [1.54, 1.807) is 31.3 Å². The number of benzene rings is 2. The van der Waals surface area contributed by atoms with E-state index >= 15 is 0 Å². The lowest BCUT2D eigenvalue weighted by molar-refractivity contribution is -0.137. The lowest BCUT2D eigenvalue weighted by Gasteiger charge is -2.12. The summed E-state index contributed by atoms with van der Waals surface area (Å²) >= 11 is 0. The Morgan fingerprint density at radius 2 is 1.78 bits per heavy atom. The number of fused-ring (bicyclic) bond motifs is 1. The number of H-pyrrole nitrogens is 1. The van der Waals surface area contributed by atoms with Crippen LogP contribution < -0.4 is 10.6 Å². The summed E-state index contributed by atoms with van der Waals surface area (Å²) in [6.07, 6.45) is -1.64. The predicted molar refractivity (Wildman–Crippen MR) is 112 cm³/mol. The average molecular weight is 439 g/mol. The molecule has 0 bridgehead atoms. The highest BCUT2D eigenvalue weighted by Gasteiger charge is 2.30. The number of aryl methyl sites for hydroxylation is 1. The maximum Gasteiger partial charge on any atom is 0.416 e. The van der Waals surface area contributed by atoms with Crippen LogP contribution in [0.1, 0.15) is 32.0 Å².